The molecule has 2 N–H and O–H groups in total. The van der Waals surface area contributed by atoms with Gasteiger partial charge in [0, 0.05) is 18.3 Å². The molecule has 2 rings (SSSR count). The first-order chi connectivity index (χ1) is 10.0. The van der Waals surface area contributed by atoms with Gasteiger partial charge in [0.15, 0.2) is 0 Å². The van der Waals surface area contributed by atoms with Crippen LogP contribution in [0, 0.1) is 5.82 Å². The highest BCUT2D eigenvalue weighted by atomic mass is 32.2. The van der Waals surface area contributed by atoms with Crippen LogP contribution in [0.2, 0.25) is 0 Å². The van der Waals surface area contributed by atoms with E-state index < -0.39 is 15.8 Å². The Morgan fingerprint density at radius 2 is 2.05 bits per heavy atom. The Balaban J connectivity index is 2.17. The minimum atomic E-state index is -3.72. The van der Waals surface area contributed by atoms with Gasteiger partial charge >= 0.3 is 0 Å². The predicted molar refractivity (Wildman–Crippen MR) is 75.2 cm³/mol. The van der Waals surface area contributed by atoms with Crippen LogP contribution in [0.1, 0.15) is 11.3 Å². The second kappa shape index (κ2) is 6.70. The maximum atomic E-state index is 13.5. The molecule has 0 fully saturated rings. The molecule has 0 atom stereocenters. The molecule has 2 aromatic rings. The molecule has 1 aromatic carbocycles. The molecule has 112 valence electrons. The molecule has 6 nitrogen and oxygen atoms in total. The van der Waals surface area contributed by atoms with Gasteiger partial charge in [0.25, 0.3) is 0 Å². The van der Waals surface area contributed by atoms with Gasteiger partial charge in [0.1, 0.15) is 12.1 Å². The van der Waals surface area contributed by atoms with E-state index in [1.54, 1.807) is 13.1 Å². The van der Waals surface area contributed by atoms with Gasteiger partial charge in [-0.3, -0.25) is 0 Å². The highest BCUT2D eigenvalue weighted by molar-refractivity contribution is 7.89. The Bertz CT molecular complexity index is 707. The van der Waals surface area contributed by atoms with Crippen LogP contribution in [0.4, 0.5) is 4.39 Å². The molecule has 0 aliphatic carbocycles. The van der Waals surface area contributed by atoms with E-state index in [-0.39, 0.29) is 18.0 Å². The average Bonchev–Trinajstić information content (AvgIpc) is 2.49. The third-order valence-electron chi connectivity index (χ3n) is 2.78. The lowest BCUT2D eigenvalue weighted by Gasteiger charge is -2.09. The highest BCUT2D eigenvalue weighted by Gasteiger charge is 2.16. The van der Waals surface area contributed by atoms with Crippen molar-refractivity contribution < 1.29 is 12.8 Å². The fourth-order valence-electron chi connectivity index (χ4n) is 1.72. The van der Waals surface area contributed by atoms with Crippen molar-refractivity contribution in [1.82, 2.24) is 20.0 Å². The zero-order valence-corrected chi connectivity index (χ0v) is 12.2. The van der Waals surface area contributed by atoms with Gasteiger partial charge in [-0.15, -0.1) is 0 Å². The minimum absolute atomic E-state index is 0.0169. The SMILES string of the molecule is CNCc1cc(S(=O)(=O)NCc2ccncn2)ccc1F. The van der Waals surface area contributed by atoms with Crippen molar-refractivity contribution in [1.29, 1.82) is 0 Å². The number of benzene rings is 1. The summed E-state index contributed by atoms with van der Waals surface area (Å²) in [6, 6.07) is 5.30. The summed E-state index contributed by atoms with van der Waals surface area (Å²) in [5, 5.41) is 2.79. The van der Waals surface area contributed by atoms with E-state index in [0.29, 0.717) is 11.3 Å². The third-order valence-corrected chi connectivity index (χ3v) is 4.18. The van der Waals surface area contributed by atoms with Crippen LogP contribution in [-0.2, 0) is 23.1 Å². The smallest absolute Gasteiger partial charge is 0.240 e. The molecule has 0 radical (unpaired) electrons. The number of rotatable bonds is 6. The Hall–Kier alpha value is -1.90. The number of nitrogens with one attached hydrogen (secondary N) is 2. The lowest BCUT2D eigenvalue weighted by atomic mass is 10.2. The van der Waals surface area contributed by atoms with Gasteiger partial charge < -0.3 is 5.32 Å². The lowest BCUT2D eigenvalue weighted by Crippen LogP contribution is -2.24. The molecule has 8 heteroatoms. The topological polar surface area (TPSA) is 84.0 Å². The zero-order chi connectivity index (χ0) is 15.3. The van der Waals surface area contributed by atoms with Crippen LogP contribution in [0.5, 0.6) is 0 Å². The maximum Gasteiger partial charge on any atom is 0.240 e. The maximum absolute atomic E-state index is 13.5. The summed E-state index contributed by atoms with van der Waals surface area (Å²) >= 11 is 0. The van der Waals surface area contributed by atoms with E-state index in [0.717, 1.165) is 6.07 Å². The fourth-order valence-corrected chi connectivity index (χ4v) is 2.77. The number of nitrogens with zero attached hydrogens (tertiary/aromatic N) is 2. The first kappa shape index (κ1) is 15.5. The highest BCUT2D eigenvalue weighted by Crippen LogP contribution is 2.15. The third kappa shape index (κ3) is 4.03. The van der Waals surface area contributed by atoms with Crippen LogP contribution in [0.3, 0.4) is 0 Å². The van der Waals surface area contributed by atoms with Crippen LogP contribution >= 0.6 is 0 Å². The molecular formula is C13H15FN4O2S. The van der Waals surface area contributed by atoms with Gasteiger partial charge in [-0.25, -0.2) is 27.5 Å². The fraction of sp³-hybridized carbons (Fsp3) is 0.231. The summed E-state index contributed by atoms with van der Waals surface area (Å²) in [4.78, 5) is 7.70. The summed E-state index contributed by atoms with van der Waals surface area (Å²) in [5.41, 5.74) is 0.841. The summed E-state index contributed by atoms with van der Waals surface area (Å²) in [5.74, 6) is -0.445. The Labute approximate surface area is 122 Å². The molecule has 0 bridgehead atoms. The van der Waals surface area contributed by atoms with E-state index in [2.05, 4.69) is 20.0 Å². The van der Waals surface area contributed by atoms with E-state index in [4.69, 9.17) is 0 Å². The van der Waals surface area contributed by atoms with Crippen molar-refractivity contribution >= 4 is 10.0 Å². The average molecular weight is 310 g/mol. The number of halogens is 1. The van der Waals surface area contributed by atoms with Crippen molar-refractivity contribution in [2.75, 3.05) is 7.05 Å². The molecule has 0 aliphatic heterocycles. The largest absolute Gasteiger partial charge is 0.316 e. The quantitative estimate of drug-likeness (QED) is 0.825. The van der Waals surface area contributed by atoms with E-state index in [1.807, 2.05) is 0 Å². The van der Waals surface area contributed by atoms with Crippen molar-refractivity contribution in [3.63, 3.8) is 0 Å². The molecule has 0 saturated carbocycles. The number of hydrogen-bond acceptors (Lipinski definition) is 5. The van der Waals surface area contributed by atoms with E-state index in [9.17, 15) is 12.8 Å². The minimum Gasteiger partial charge on any atom is -0.316 e. The summed E-state index contributed by atoms with van der Waals surface area (Å²) in [6.45, 7) is 0.296. The summed E-state index contributed by atoms with van der Waals surface area (Å²) in [6.07, 6.45) is 2.87. The first-order valence-electron chi connectivity index (χ1n) is 6.20. The number of aromatic nitrogens is 2. The van der Waals surface area contributed by atoms with Crippen molar-refractivity contribution in [2.45, 2.75) is 18.0 Å². The predicted octanol–water partition coefficient (Wildman–Crippen LogP) is 0.814. The number of hydrogen-bond donors (Lipinski definition) is 2. The first-order valence-corrected chi connectivity index (χ1v) is 7.69. The zero-order valence-electron chi connectivity index (χ0n) is 11.4. The van der Waals surface area contributed by atoms with Gasteiger partial charge in [0.05, 0.1) is 17.1 Å². The van der Waals surface area contributed by atoms with Crippen molar-refractivity contribution in [3.8, 4) is 0 Å². The summed E-state index contributed by atoms with van der Waals surface area (Å²) in [7, 11) is -2.06. The number of sulfonamides is 1. The molecule has 0 amide bonds. The van der Waals surface area contributed by atoms with Gasteiger partial charge in [-0.2, -0.15) is 0 Å². The van der Waals surface area contributed by atoms with Gasteiger partial charge in [-0.1, -0.05) is 0 Å². The monoisotopic (exact) mass is 310 g/mol. The van der Waals surface area contributed by atoms with Crippen molar-refractivity contribution in [3.05, 3.63) is 53.9 Å². The van der Waals surface area contributed by atoms with Crippen LogP contribution in [0.25, 0.3) is 0 Å². The Morgan fingerprint density at radius 3 is 2.71 bits per heavy atom. The van der Waals surface area contributed by atoms with Crippen LogP contribution in [0.15, 0.2) is 41.7 Å². The second-order valence-corrected chi connectivity index (χ2v) is 6.08. The molecule has 0 saturated heterocycles. The molecule has 1 aromatic heterocycles. The van der Waals surface area contributed by atoms with Crippen molar-refractivity contribution in [2.24, 2.45) is 0 Å². The normalized spacial score (nSPS) is 11.5. The molecule has 0 unspecified atom stereocenters. The van der Waals surface area contributed by atoms with Crippen LogP contribution < -0.4 is 10.0 Å². The molecule has 1 heterocycles. The van der Waals surface area contributed by atoms with E-state index in [1.165, 1.54) is 24.7 Å². The molecule has 21 heavy (non-hydrogen) atoms. The lowest BCUT2D eigenvalue weighted by molar-refractivity contribution is 0.577. The van der Waals surface area contributed by atoms with Gasteiger partial charge in [0.2, 0.25) is 10.0 Å². The van der Waals surface area contributed by atoms with Crippen LogP contribution in [-0.4, -0.2) is 25.4 Å². The molecule has 0 aliphatic rings. The van der Waals surface area contributed by atoms with E-state index >= 15 is 0 Å². The second-order valence-electron chi connectivity index (χ2n) is 4.31. The Morgan fingerprint density at radius 1 is 1.24 bits per heavy atom. The standard InChI is InChI=1S/C13H15FN4O2S/c1-15-7-10-6-12(2-3-13(10)14)21(19,20)18-8-11-4-5-16-9-17-11/h2-6,9,15,18H,7-8H2,1H3. The van der Waals surface area contributed by atoms with Gasteiger partial charge in [-0.05, 0) is 31.3 Å². The molecule has 0 spiro atoms. The Kier molecular flexibility index (Phi) is 4.94. The summed E-state index contributed by atoms with van der Waals surface area (Å²) < 4.78 is 40.3. The molecular weight excluding hydrogens is 295 g/mol.